The molecule has 5 atom stereocenters. The maximum atomic E-state index is 13.4. The van der Waals surface area contributed by atoms with Gasteiger partial charge in [-0.2, -0.15) is 0 Å². The van der Waals surface area contributed by atoms with Crippen LogP contribution in [0.4, 0.5) is 5.69 Å². The predicted octanol–water partition coefficient (Wildman–Crippen LogP) is 5.34. The van der Waals surface area contributed by atoms with Gasteiger partial charge < -0.3 is 19.6 Å². The zero-order chi connectivity index (χ0) is 33.2. The lowest BCUT2D eigenvalue weighted by atomic mass is 9.63. The number of nitrogens with one attached hydrogen (secondary N) is 1. The van der Waals surface area contributed by atoms with Crippen molar-refractivity contribution in [2.24, 2.45) is 17.8 Å². The molecular weight excluding hydrogens is 626 g/mol. The Hall–Kier alpha value is -3.08. The molecule has 2 heterocycles. The molecule has 9 nitrogen and oxygen atoms in total. The first-order valence-electron chi connectivity index (χ1n) is 16.2. The highest BCUT2D eigenvalue weighted by Gasteiger charge is 2.47. The Bertz CT molecular complexity index is 1590. The number of nitrogens with zero attached hydrogens (tertiary/aromatic N) is 2. The zero-order valence-corrected chi connectivity index (χ0v) is 28.7. The molecule has 2 bridgehead atoms. The van der Waals surface area contributed by atoms with E-state index in [0.717, 1.165) is 43.2 Å². The SMILES string of the molecule is C[C@@H]1[C@@H](C)C/C=C/[C@@](O)(CC(=O)N(C)C)[C@@H]2CC[C@H]2CN2CCCCc3cc(Cl)ccc3COc3ccc(cc32)C(=O)NS1(=O)=O. The molecular formula is C35H46ClN3O6S. The Balaban J connectivity index is 1.57. The molecule has 0 saturated heterocycles. The largest absolute Gasteiger partial charge is 0.487 e. The summed E-state index contributed by atoms with van der Waals surface area (Å²) in [5.41, 5.74) is 1.72. The molecule has 250 valence electrons. The predicted molar refractivity (Wildman–Crippen MR) is 181 cm³/mol. The number of fused-ring (bicyclic) bond motifs is 3. The number of amides is 2. The molecule has 46 heavy (non-hydrogen) atoms. The van der Waals surface area contributed by atoms with E-state index in [1.807, 2.05) is 18.2 Å². The second-order valence-corrected chi connectivity index (χ2v) is 16.0. The van der Waals surface area contributed by atoms with Gasteiger partial charge in [-0.15, -0.1) is 0 Å². The van der Waals surface area contributed by atoms with Gasteiger partial charge in [0.05, 0.1) is 23.0 Å². The average molecular weight is 672 g/mol. The number of sulfonamides is 1. The van der Waals surface area contributed by atoms with E-state index in [1.165, 1.54) is 4.90 Å². The van der Waals surface area contributed by atoms with E-state index in [0.29, 0.717) is 42.6 Å². The molecule has 1 aliphatic carbocycles. The van der Waals surface area contributed by atoms with Crippen LogP contribution in [0.15, 0.2) is 48.6 Å². The van der Waals surface area contributed by atoms with Crippen molar-refractivity contribution in [3.8, 4) is 5.75 Å². The summed E-state index contributed by atoms with van der Waals surface area (Å²) in [6.45, 7) is 4.95. The molecule has 0 aromatic heterocycles. The third-order valence-corrected chi connectivity index (χ3v) is 12.3. The minimum absolute atomic E-state index is 0.0549. The standard InChI is InChI=1S/C35H46ClN3O6S/c1-23-8-7-16-35(42,20-33(40)38(3)4)30-14-11-27(30)21-39-17-6-5-9-25-18-29(36)13-10-28(25)22-45-32-15-12-26(19-31(32)39)34(41)37-46(43,44)24(23)2/h7,10,12-13,15-16,18-19,23-24,27,30,42H,5-6,8-9,11,14,17,20-22H2,1-4H3,(H,37,41)/b16-7+/t23-,24+,27-,30+,35+/m0/s1. The summed E-state index contributed by atoms with van der Waals surface area (Å²) < 4.78 is 35.4. The number of ether oxygens (including phenoxy) is 1. The molecule has 5 rings (SSSR count). The van der Waals surface area contributed by atoms with Gasteiger partial charge in [-0.3, -0.25) is 9.59 Å². The van der Waals surface area contributed by atoms with Gasteiger partial charge in [-0.05, 0) is 105 Å². The summed E-state index contributed by atoms with van der Waals surface area (Å²) in [7, 11) is -0.652. The van der Waals surface area contributed by atoms with Crippen LogP contribution in [0.3, 0.4) is 0 Å². The summed E-state index contributed by atoms with van der Waals surface area (Å²) in [4.78, 5) is 30.1. The first kappa shape index (κ1) is 34.3. The van der Waals surface area contributed by atoms with Crippen LogP contribution in [0.5, 0.6) is 5.75 Å². The topological polar surface area (TPSA) is 116 Å². The van der Waals surface area contributed by atoms with Crippen molar-refractivity contribution in [1.29, 1.82) is 0 Å². The Morgan fingerprint density at radius 2 is 1.91 bits per heavy atom. The molecule has 1 saturated carbocycles. The van der Waals surface area contributed by atoms with Crippen LogP contribution in [0.25, 0.3) is 0 Å². The fourth-order valence-corrected chi connectivity index (χ4v) is 8.27. The summed E-state index contributed by atoms with van der Waals surface area (Å²) in [6, 6.07) is 10.9. The number of anilines is 1. The van der Waals surface area contributed by atoms with Crippen molar-refractivity contribution in [1.82, 2.24) is 9.62 Å². The number of halogens is 1. The molecule has 2 N–H and O–H groups in total. The molecule has 0 unspecified atom stereocenters. The molecule has 2 aliphatic heterocycles. The van der Waals surface area contributed by atoms with Crippen LogP contribution in [-0.4, -0.2) is 68.3 Å². The van der Waals surface area contributed by atoms with Crippen molar-refractivity contribution < 1.29 is 27.9 Å². The fraction of sp³-hybridized carbons (Fsp3) is 0.543. The fourth-order valence-electron chi connectivity index (χ4n) is 6.79. The third-order valence-electron chi connectivity index (χ3n) is 10.1. The minimum atomic E-state index is -4.02. The van der Waals surface area contributed by atoms with Crippen molar-refractivity contribution in [2.75, 3.05) is 32.1 Å². The number of aryl methyl sites for hydroxylation is 1. The van der Waals surface area contributed by atoms with E-state index in [9.17, 15) is 23.1 Å². The van der Waals surface area contributed by atoms with Gasteiger partial charge in [0.1, 0.15) is 12.4 Å². The van der Waals surface area contributed by atoms with Gasteiger partial charge in [-0.1, -0.05) is 36.7 Å². The quantitative estimate of drug-likeness (QED) is 0.414. The normalized spacial score (nSPS) is 29.0. The first-order valence-corrected chi connectivity index (χ1v) is 18.1. The number of hydrogen-bond donors (Lipinski definition) is 2. The number of carbonyl (C=O) groups is 2. The summed E-state index contributed by atoms with van der Waals surface area (Å²) in [5.74, 6) is -0.708. The van der Waals surface area contributed by atoms with Gasteiger partial charge in [0.2, 0.25) is 15.9 Å². The van der Waals surface area contributed by atoms with Crippen LogP contribution in [-0.2, 0) is 27.8 Å². The molecule has 3 aliphatic rings. The highest BCUT2D eigenvalue weighted by Crippen LogP contribution is 2.46. The first-order chi connectivity index (χ1) is 21.8. The van der Waals surface area contributed by atoms with E-state index in [1.54, 1.807) is 58.3 Å². The molecule has 2 aromatic rings. The number of hydrogen-bond acceptors (Lipinski definition) is 7. The van der Waals surface area contributed by atoms with Crippen LogP contribution in [0.1, 0.15) is 73.9 Å². The monoisotopic (exact) mass is 671 g/mol. The molecule has 0 spiro atoms. The third kappa shape index (κ3) is 7.55. The van der Waals surface area contributed by atoms with Crippen LogP contribution in [0.2, 0.25) is 5.02 Å². The highest BCUT2D eigenvalue weighted by atomic mass is 35.5. The molecule has 1 fully saturated rings. The Kier molecular flexibility index (Phi) is 10.4. The van der Waals surface area contributed by atoms with Gasteiger partial charge in [0.15, 0.2) is 0 Å². The summed E-state index contributed by atoms with van der Waals surface area (Å²) in [6.07, 6.45) is 8.08. The lowest BCUT2D eigenvalue weighted by Crippen LogP contribution is -2.52. The van der Waals surface area contributed by atoms with Crippen molar-refractivity contribution in [2.45, 2.75) is 76.3 Å². The second-order valence-electron chi connectivity index (χ2n) is 13.5. The Labute approximate surface area is 278 Å². The maximum absolute atomic E-state index is 13.4. The average Bonchev–Trinajstić information content (AvgIpc) is 3.01. The zero-order valence-electron chi connectivity index (χ0n) is 27.2. The highest BCUT2D eigenvalue weighted by molar-refractivity contribution is 7.90. The van der Waals surface area contributed by atoms with Gasteiger partial charge >= 0.3 is 0 Å². The number of aliphatic hydroxyl groups is 1. The van der Waals surface area contributed by atoms with Crippen molar-refractivity contribution in [3.05, 3.63) is 70.3 Å². The van der Waals surface area contributed by atoms with Crippen molar-refractivity contribution in [3.63, 3.8) is 0 Å². The van der Waals surface area contributed by atoms with Crippen LogP contribution in [0, 0.1) is 17.8 Å². The van der Waals surface area contributed by atoms with E-state index in [4.69, 9.17) is 16.3 Å². The molecule has 0 radical (unpaired) electrons. The summed E-state index contributed by atoms with van der Waals surface area (Å²) in [5, 5.41) is 11.9. The van der Waals surface area contributed by atoms with Gasteiger partial charge in [0.25, 0.3) is 5.91 Å². The Morgan fingerprint density at radius 1 is 1.13 bits per heavy atom. The van der Waals surface area contributed by atoms with Crippen molar-refractivity contribution >= 4 is 39.1 Å². The van der Waals surface area contributed by atoms with Crippen LogP contribution < -0.4 is 14.4 Å². The number of allylic oxidation sites excluding steroid dienone is 1. The second kappa shape index (κ2) is 14.0. The summed E-state index contributed by atoms with van der Waals surface area (Å²) >= 11 is 6.33. The minimum Gasteiger partial charge on any atom is -0.487 e. The number of benzene rings is 2. The Morgan fingerprint density at radius 3 is 2.63 bits per heavy atom. The molecule has 2 aromatic carbocycles. The van der Waals surface area contributed by atoms with Gasteiger partial charge in [0, 0.05) is 37.8 Å². The van der Waals surface area contributed by atoms with E-state index >= 15 is 0 Å². The van der Waals surface area contributed by atoms with E-state index in [-0.39, 0.29) is 35.6 Å². The number of rotatable bonds is 2. The molecule has 2 amide bonds. The smallest absolute Gasteiger partial charge is 0.264 e. The van der Waals surface area contributed by atoms with Gasteiger partial charge in [-0.25, -0.2) is 13.1 Å². The number of carbonyl (C=O) groups excluding carboxylic acids is 2. The maximum Gasteiger partial charge on any atom is 0.264 e. The van der Waals surface area contributed by atoms with Crippen LogP contribution >= 0.6 is 11.6 Å². The van der Waals surface area contributed by atoms with E-state index < -0.39 is 26.8 Å². The lowest BCUT2D eigenvalue weighted by Gasteiger charge is -2.48. The lowest BCUT2D eigenvalue weighted by molar-refractivity contribution is -0.137. The molecule has 11 heteroatoms. The van der Waals surface area contributed by atoms with E-state index in [2.05, 4.69) is 9.62 Å².